The number of thiazole rings is 1. The van der Waals surface area contributed by atoms with Crippen molar-refractivity contribution in [2.45, 2.75) is 24.7 Å². The van der Waals surface area contributed by atoms with Crippen molar-refractivity contribution in [3.8, 4) is 0 Å². The van der Waals surface area contributed by atoms with Crippen molar-refractivity contribution in [1.29, 1.82) is 0 Å². The summed E-state index contributed by atoms with van der Waals surface area (Å²) in [5, 5.41) is 14.0. The highest BCUT2D eigenvalue weighted by Gasteiger charge is 2.27. The van der Waals surface area contributed by atoms with Crippen molar-refractivity contribution in [1.82, 2.24) is 9.29 Å². The number of nitro groups is 1. The van der Waals surface area contributed by atoms with Crippen molar-refractivity contribution in [2.75, 3.05) is 18.4 Å². The lowest BCUT2D eigenvalue weighted by Crippen LogP contribution is -2.27. The van der Waals surface area contributed by atoms with Gasteiger partial charge >= 0.3 is 0 Å². The van der Waals surface area contributed by atoms with Crippen molar-refractivity contribution >= 4 is 48.3 Å². The van der Waals surface area contributed by atoms with Crippen molar-refractivity contribution in [3.63, 3.8) is 0 Å². The fourth-order valence-electron chi connectivity index (χ4n) is 3.43. The van der Waals surface area contributed by atoms with E-state index in [9.17, 15) is 23.3 Å². The number of anilines is 1. The standard InChI is InChI=1S/C19H18N4O5S2/c1-12-14(5-4-6-16(12)23(25)26)18(24)21-19-20-15-8-7-13(11-17(15)29-19)30(27,28)22-9-2-3-10-22/h4-8,11H,2-3,9-10H2,1H3,(H,20,21,24). The maximum absolute atomic E-state index is 12.8. The van der Waals surface area contributed by atoms with E-state index in [2.05, 4.69) is 10.3 Å². The van der Waals surface area contributed by atoms with Gasteiger partial charge in [0.15, 0.2) is 5.13 Å². The zero-order chi connectivity index (χ0) is 21.5. The highest BCUT2D eigenvalue weighted by Crippen LogP contribution is 2.31. The van der Waals surface area contributed by atoms with Crippen LogP contribution in [0.15, 0.2) is 41.3 Å². The Labute approximate surface area is 176 Å². The molecule has 1 amide bonds. The quantitative estimate of drug-likeness (QED) is 0.472. The van der Waals surface area contributed by atoms with E-state index < -0.39 is 20.9 Å². The third-order valence-corrected chi connectivity index (χ3v) is 7.86. The summed E-state index contributed by atoms with van der Waals surface area (Å²) in [4.78, 5) is 27.7. The summed E-state index contributed by atoms with van der Waals surface area (Å²) < 4.78 is 27.6. The van der Waals surface area contributed by atoms with Crippen molar-refractivity contribution in [2.24, 2.45) is 0 Å². The van der Waals surface area contributed by atoms with Gasteiger partial charge in [0.1, 0.15) is 0 Å². The molecule has 0 unspecified atom stereocenters. The van der Waals surface area contributed by atoms with Gasteiger partial charge in [-0.25, -0.2) is 13.4 Å². The molecule has 2 aromatic carbocycles. The van der Waals surface area contributed by atoms with Gasteiger partial charge < -0.3 is 0 Å². The zero-order valence-electron chi connectivity index (χ0n) is 16.0. The van der Waals surface area contributed by atoms with Crippen LogP contribution in [-0.2, 0) is 10.0 Å². The van der Waals surface area contributed by atoms with Gasteiger partial charge in [-0.05, 0) is 44.0 Å². The number of carbonyl (C=O) groups is 1. The van der Waals surface area contributed by atoms with Crippen molar-refractivity contribution < 1.29 is 18.1 Å². The minimum absolute atomic E-state index is 0.135. The van der Waals surface area contributed by atoms with Crippen LogP contribution in [0, 0.1) is 17.0 Å². The molecule has 1 aliphatic rings. The fourth-order valence-corrected chi connectivity index (χ4v) is 5.95. The van der Waals surface area contributed by atoms with Crippen LogP contribution in [0.4, 0.5) is 10.8 Å². The number of rotatable bonds is 5. The Morgan fingerprint density at radius 3 is 2.67 bits per heavy atom. The van der Waals surface area contributed by atoms with Crippen LogP contribution in [0.25, 0.3) is 10.2 Å². The number of hydrogen-bond acceptors (Lipinski definition) is 7. The number of nitrogens with zero attached hydrogens (tertiary/aromatic N) is 3. The molecule has 1 aliphatic heterocycles. The average Bonchev–Trinajstić information content (AvgIpc) is 3.37. The van der Waals surface area contributed by atoms with Crippen LogP contribution < -0.4 is 5.32 Å². The molecule has 0 saturated carbocycles. The molecule has 1 N–H and O–H groups in total. The molecule has 1 aromatic heterocycles. The zero-order valence-corrected chi connectivity index (χ0v) is 17.6. The maximum atomic E-state index is 12.8. The minimum Gasteiger partial charge on any atom is -0.298 e. The number of amides is 1. The Morgan fingerprint density at radius 1 is 1.23 bits per heavy atom. The van der Waals surface area contributed by atoms with E-state index >= 15 is 0 Å². The summed E-state index contributed by atoms with van der Waals surface area (Å²) in [5.41, 5.74) is 0.871. The third kappa shape index (κ3) is 3.66. The first-order valence-electron chi connectivity index (χ1n) is 9.23. The molecule has 0 bridgehead atoms. The van der Waals surface area contributed by atoms with Crippen LogP contribution in [0.1, 0.15) is 28.8 Å². The summed E-state index contributed by atoms with van der Waals surface area (Å²) in [7, 11) is -3.54. The normalized spacial score (nSPS) is 14.8. The molecule has 3 aromatic rings. The second-order valence-corrected chi connectivity index (χ2v) is 9.89. The molecule has 0 aliphatic carbocycles. The highest BCUT2D eigenvalue weighted by molar-refractivity contribution is 7.89. The topological polar surface area (TPSA) is 123 Å². The van der Waals surface area contributed by atoms with Gasteiger partial charge in [-0.1, -0.05) is 17.4 Å². The number of nitrogens with one attached hydrogen (secondary N) is 1. The number of carbonyl (C=O) groups excluding carboxylic acids is 1. The summed E-state index contributed by atoms with van der Waals surface area (Å²) in [5.74, 6) is -0.514. The Bertz CT molecular complexity index is 1260. The van der Waals surface area contributed by atoms with Crippen LogP contribution in [0.5, 0.6) is 0 Å². The first-order chi connectivity index (χ1) is 14.3. The minimum atomic E-state index is -3.54. The van der Waals surface area contributed by atoms with Gasteiger partial charge in [-0.2, -0.15) is 4.31 Å². The molecule has 30 heavy (non-hydrogen) atoms. The Morgan fingerprint density at radius 2 is 1.97 bits per heavy atom. The van der Waals surface area contributed by atoms with Crippen LogP contribution >= 0.6 is 11.3 Å². The second kappa shape index (κ2) is 7.74. The van der Waals surface area contributed by atoms with E-state index in [1.807, 2.05) is 0 Å². The summed E-state index contributed by atoms with van der Waals surface area (Å²) in [6, 6.07) is 9.00. The van der Waals surface area contributed by atoms with E-state index in [0.717, 1.165) is 24.2 Å². The van der Waals surface area contributed by atoms with Gasteiger partial charge in [-0.3, -0.25) is 20.2 Å². The van der Waals surface area contributed by atoms with Crippen LogP contribution in [0.2, 0.25) is 0 Å². The Kier molecular flexibility index (Phi) is 5.26. The van der Waals surface area contributed by atoms with E-state index in [-0.39, 0.29) is 26.8 Å². The molecular formula is C19H18N4O5S2. The average molecular weight is 447 g/mol. The second-order valence-electron chi connectivity index (χ2n) is 6.92. The maximum Gasteiger partial charge on any atom is 0.273 e. The Hall–Kier alpha value is -2.89. The summed E-state index contributed by atoms with van der Waals surface area (Å²) in [6.07, 6.45) is 1.71. The van der Waals surface area contributed by atoms with E-state index in [0.29, 0.717) is 23.3 Å². The molecule has 11 heteroatoms. The van der Waals surface area contributed by atoms with Gasteiger partial charge in [0, 0.05) is 30.3 Å². The molecular weight excluding hydrogens is 428 g/mol. The largest absolute Gasteiger partial charge is 0.298 e. The number of aromatic nitrogens is 1. The highest BCUT2D eigenvalue weighted by atomic mass is 32.2. The lowest BCUT2D eigenvalue weighted by Gasteiger charge is -2.15. The number of sulfonamides is 1. The fraction of sp³-hybridized carbons (Fsp3) is 0.263. The van der Waals surface area contributed by atoms with Crippen LogP contribution in [-0.4, -0.2) is 41.6 Å². The lowest BCUT2D eigenvalue weighted by molar-refractivity contribution is -0.385. The SMILES string of the molecule is Cc1c(C(=O)Nc2nc3ccc(S(=O)(=O)N4CCCC4)cc3s2)cccc1[N+](=O)[O-]. The van der Waals surface area contributed by atoms with Gasteiger partial charge in [0.05, 0.1) is 20.0 Å². The summed E-state index contributed by atoms with van der Waals surface area (Å²) in [6.45, 7) is 2.56. The monoisotopic (exact) mass is 446 g/mol. The van der Waals surface area contributed by atoms with E-state index in [4.69, 9.17) is 0 Å². The van der Waals surface area contributed by atoms with Gasteiger partial charge in [0.2, 0.25) is 10.0 Å². The van der Waals surface area contributed by atoms with Crippen molar-refractivity contribution in [3.05, 3.63) is 57.6 Å². The number of hydrogen-bond donors (Lipinski definition) is 1. The molecule has 0 atom stereocenters. The molecule has 0 radical (unpaired) electrons. The Balaban J connectivity index is 1.61. The number of fused-ring (bicyclic) bond motifs is 1. The van der Waals surface area contributed by atoms with E-state index in [1.165, 1.54) is 35.5 Å². The number of nitro benzene ring substituents is 1. The summed E-state index contributed by atoms with van der Waals surface area (Å²) >= 11 is 1.15. The molecule has 4 rings (SSSR count). The third-order valence-electron chi connectivity index (χ3n) is 5.03. The van der Waals surface area contributed by atoms with Gasteiger partial charge in [0.25, 0.3) is 11.6 Å². The molecule has 1 saturated heterocycles. The number of benzene rings is 2. The van der Waals surface area contributed by atoms with Crippen LogP contribution in [0.3, 0.4) is 0 Å². The molecule has 0 spiro atoms. The first-order valence-corrected chi connectivity index (χ1v) is 11.5. The molecule has 2 heterocycles. The first kappa shape index (κ1) is 20.4. The molecule has 9 nitrogen and oxygen atoms in total. The van der Waals surface area contributed by atoms with E-state index in [1.54, 1.807) is 12.1 Å². The molecule has 156 valence electrons. The van der Waals surface area contributed by atoms with Gasteiger partial charge in [-0.15, -0.1) is 0 Å². The predicted octanol–water partition coefficient (Wildman–Crippen LogP) is 3.55. The molecule has 1 fully saturated rings. The lowest BCUT2D eigenvalue weighted by atomic mass is 10.1. The predicted molar refractivity (Wildman–Crippen MR) is 113 cm³/mol. The smallest absolute Gasteiger partial charge is 0.273 e.